The topological polar surface area (TPSA) is 84.2 Å². The molecule has 0 aromatic heterocycles. The van der Waals surface area contributed by atoms with Crippen molar-refractivity contribution >= 4 is 11.8 Å². The van der Waals surface area contributed by atoms with E-state index in [0.717, 1.165) is 25.0 Å². The second-order valence-corrected chi connectivity index (χ2v) is 7.99. The Morgan fingerprint density at radius 2 is 1.74 bits per heavy atom. The van der Waals surface area contributed by atoms with E-state index in [-0.39, 0.29) is 25.7 Å². The van der Waals surface area contributed by atoms with Gasteiger partial charge in [0.05, 0.1) is 19.3 Å². The molecule has 0 aliphatic heterocycles. The van der Waals surface area contributed by atoms with Crippen molar-refractivity contribution < 1.29 is 20.4 Å². The average molecular weight is 348 g/mol. The van der Waals surface area contributed by atoms with Gasteiger partial charge in [0.2, 0.25) is 0 Å². The first-order valence-electron chi connectivity index (χ1n) is 8.53. The molecular formula is C17H33NO4S. The van der Waals surface area contributed by atoms with Crippen molar-refractivity contribution in [2.45, 2.75) is 50.0 Å². The predicted octanol–water partition coefficient (Wildman–Crippen LogP) is 0.863. The van der Waals surface area contributed by atoms with Crippen molar-refractivity contribution in [3.63, 3.8) is 0 Å². The minimum absolute atomic E-state index is 0.0141. The maximum atomic E-state index is 10.8. The molecule has 0 amide bonds. The monoisotopic (exact) mass is 347 g/mol. The van der Waals surface area contributed by atoms with Gasteiger partial charge in [0.1, 0.15) is 0 Å². The van der Waals surface area contributed by atoms with Gasteiger partial charge in [-0.1, -0.05) is 12.2 Å². The summed E-state index contributed by atoms with van der Waals surface area (Å²) in [5.41, 5.74) is -0.503. The zero-order valence-corrected chi connectivity index (χ0v) is 15.2. The van der Waals surface area contributed by atoms with E-state index in [1.807, 2.05) is 30.5 Å². The van der Waals surface area contributed by atoms with E-state index in [9.17, 15) is 15.3 Å². The van der Waals surface area contributed by atoms with Crippen LogP contribution in [0.3, 0.4) is 0 Å². The summed E-state index contributed by atoms with van der Waals surface area (Å²) in [5.74, 6) is 1.06. The lowest BCUT2D eigenvalue weighted by molar-refractivity contribution is -0.0449. The standard InChI is InChI=1S/C17H33NO4S/c1-17(2,18(8-11-20)9-12-21)16(22)14-4-6-15(7-5-14)23-13-3-10-19/h4,6,14-16,19-22H,3,5,7-13H2,1-2H3/t14?,15-,16?/m1/s1. The van der Waals surface area contributed by atoms with Gasteiger partial charge in [-0.2, -0.15) is 11.8 Å². The van der Waals surface area contributed by atoms with Gasteiger partial charge in [0.15, 0.2) is 0 Å². The lowest BCUT2D eigenvalue weighted by atomic mass is 9.80. The Morgan fingerprint density at radius 3 is 2.22 bits per heavy atom. The fraction of sp³-hybridized carbons (Fsp3) is 0.882. The van der Waals surface area contributed by atoms with Gasteiger partial charge in [0, 0.05) is 36.4 Å². The zero-order chi connectivity index (χ0) is 17.3. The van der Waals surface area contributed by atoms with Gasteiger partial charge in [0.25, 0.3) is 0 Å². The SMILES string of the molecule is CC(C)(C(O)C1C=C[C@@H](SCCCO)CC1)N(CCO)CCO. The van der Waals surface area contributed by atoms with Crippen molar-refractivity contribution in [2.75, 3.05) is 38.7 Å². The van der Waals surface area contributed by atoms with Gasteiger partial charge >= 0.3 is 0 Å². The fourth-order valence-electron chi connectivity index (χ4n) is 3.16. The second kappa shape index (κ2) is 10.7. The van der Waals surface area contributed by atoms with E-state index >= 15 is 0 Å². The first-order valence-corrected chi connectivity index (χ1v) is 9.57. The zero-order valence-electron chi connectivity index (χ0n) is 14.4. The Morgan fingerprint density at radius 1 is 1.09 bits per heavy atom. The average Bonchev–Trinajstić information content (AvgIpc) is 2.55. The molecule has 1 rings (SSSR count). The van der Waals surface area contributed by atoms with Crippen LogP contribution in [0.25, 0.3) is 0 Å². The van der Waals surface area contributed by atoms with E-state index < -0.39 is 11.6 Å². The summed E-state index contributed by atoms with van der Waals surface area (Å²) >= 11 is 1.86. The van der Waals surface area contributed by atoms with Crippen molar-refractivity contribution in [2.24, 2.45) is 5.92 Å². The summed E-state index contributed by atoms with van der Waals surface area (Å²) < 4.78 is 0. The molecule has 23 heavy (non-hydrogen) atoms. The summed E-state index contributed by atoms with van der Waals surface area (Å²) in [6.45, 7) is 5.10. The maximum Gasteiger partial charge on any atom is 0.0780 e. The van der Waals surface area contributed by atoms with Crippen LogP contribution in [0, 0.1) is 5.92 Å². The molecule has 136 valence electrons. The molecule has 0 bridgehead atoms. The highest BCUT2D eigenvalue weighted by atomic mass is 32.2. The van der Waals surface area contributed by atoms with Crippen LogP contribution in [-0.2, 0) is 0 Å². The highest BCUT2D eigenvalue weighted by Gasteiger charge is 2.38. The molecule has 1 aliphatic carbocycles. The fourth-order valence-corrected chi connectivity index (χ4v) is 4.26. The Hall–Kier alpha value is -0.110. The van der Waals surface area contributed by atoms with Crippen LogP contribution < -0.4 is 0 Å². The van der Waals surface area contributed by atoms with Crippen LogP contribution in [0.15, 0.2) is 12.2 Å². The van der Waals surface area contributed by atoms with Gasteiger partial charge in [-0.3, -0.25) is 4.90 Å². The molecule has 2 unspecified atom stereocenters. The third kappa shape index (κ3) is 6.36. The van der Waals surface area contributed by atoms with Gasteiger partial charge in [-0.15, -0.1) is 0 Å². The van der Waals surface area contributed by atoms with E-state index in [1.54, 1.807) is 0 Å². The van der Waals surface area contributed by atoms with E-state index in [2.05, 4.69) is 12.2 Å². The number of nitrogens with zero attached hydrogens (tertiary/aromatic N) is 1. The Balaban J connectivity index is 2.62. The molecule has 0 radical (unpaired) electrons. The van der Waals surface area contributed by atoms with Gasteiger partial charge < -0.3 is 20.4 Å². The molecule has 0 aromatic carbocycles. The summed E-state index contributed by atoms with van der Waals surface area (Å²) in [5, 5.41) is 38.6. The largest absolute Gasteiger partial charge is 0.396 e. The van der Waals surface area contributed by atoms with Crippen LogP contribution in [0.1, 0.15) is 33.1 Å². The molecule has 0 aromatic rings. The molecule has 5 nitrogen and oxygen atoms in total. The summed E-state index contributed by atoms with van der Waals surface area (Å²) in [4.78, 5) is 1.95. The number of hydrogen-bond donors (Lipinski definition) is 4. The molecule has 6 heteroatoms. The third-order valence-corrected chi connectivity index (χ3v) is 6.02. The maximum absolute atomic E-state index is 10.8. The minimum Gasteiger partial charge on any atom is -0.396 e. The minimum atomic E-state index is -0.541. The molecule has 0 heterocycles. The number of hydrogen-bond acceptors (Lipinski definition) is 6. The number of β-amino-alcohol motifs (C(OH)–C–C–N with tert-alkyl or cyclic N) is 2. The highest BCUT2D eigenvalue weighted by Crippen LogP contribution is 2.33. The summed E-state index contributed by atoms with van der Waals surface area (Å²) in [6, 6.07) is 0. The highest BCUT2D eigenvalue weighted by molar-refractivity contribution is 8.00. The lowest BCUT2D eigenvalue weighted by Gasteiger charge is -2.44. The smallest absolute Gasteiger partial charge is 0.0780 e. The number of aliphatic hydroxyl groups excluding tert-OH is 4. The van der Waals surface area contributed by atoms with Crippen LogP contribution in [-0.4, -0.2) is 80.9 Å². The molecule has 0 fully saturated rings. The van der Waals surface area contributed by atoms with Gasteiger partial charge in [-0.05, 0) is 38.9 Å². The number of rotatable bonds is 11. The Labute approximate surface area is 144 Å². The molecule has 1 aliphatic rings. The molecule has 0 spiro atoms. The van der Waals surface area contributed by atoms with E-state index in [0.29, 0.717) is 18.3 Å². The first-order chi connectivity index (χ1) is 11.0. The van der Waals surface area contributed by atoms with Crippen molar-refractivity contribution in [3.8, 4) is 0 Å². The second-order valence-electron chi connectivity index (χ2n) is 6.65. The van der Waals surface area contributed by atoms with E-state index in [1.165, 1.54) is 0 Å². The quantitative estimate of drug-likeness (QED) is 0.328. The summed E-state index contributed by atoms with van der Waals surface area (Å²) in [7, 11) is 0. The first kappa shape index (κ1) is 20.9. The van der Waals surface area contributed by atoms with Gasteiger partial charge in [-0.25, -0.2) is 0 Å². The molecule has 3 atom stereocenters. The van der Waals surface area contributed by atoms with Crippen LogP contribution in [0.5, 0.6) is 0 Å². The van der Waals surface area contributed by atoms with E-state index in [4.69, 9.17) is 5.11 Å². The number of thioether (sulfide) groups is 1. The van der Waals surface area contributed by atoms with Crippen LogP contribution in [0.4, 0.5) is 0 Å². The van der Waals surface area contributed by atoms with Crippen molar-refractivity contribution in [3.05, 3.63) is 12.2 Å². The van der Waals surface area contributed by atoms with Crippen LogP contribution >= 0.6 is 11.8 Å². The Bertz CT molecular complexity index is 345. The van der Waals surface area contributed by atoms with Crippen molar-refractivity contribution in [1.82, 2.24) is 4.90 Å². The van der Waals surface area contributed by atoms with Crippen LogP contribution in [0.2, 0.25) is 0 Å². The normalized spacial score (nSPS) is 23.4. The van der Waals surface area contributed by atoms with Crippen molar-refractivity contribution in [1.29, 1.82) is 0 Å². The third-order valence-electron chi connectivity index (χ3n) is 4.68. The predicted molar refractivity (Wildman–Crippen MR) is 95.6 cm³/mol. The molecule has 0 saturated carbocycles. The Kier molecular flexibility index (Phi) is 9.73. The summed E-state index contributed by atoms with van der Waals surface area (Å²) in [6.07, 6.45) is 6.54. The molecule has 4 N–H and O–H groups in total. The molecular weight excluding hydrogens is 314 g/mol. The molecule has 0 saturated heterocycles. The lowest BCUT2D eigenvalue weighted by Crippen LogP contribution is -2.56. The number of aliphatic hydroxyl groups is 4.